The van der Waals surface area contributed by atoms with Crippen molar-refractivity contribution in [2.45, 2.75) is 6.18 Å². The maximum atomic E-state index is 12.9. The molecule has 0 spiro atoms. The molecule has 1 amide bonds. The zero-order chi connectivity index (χ0) is 20.3. The average molecular weight is 411 g/mol. The number of halogens is 5. The van der Waals surface area contributed by atoms with Gasteiger partial charge in [-0.05, 0) is 48.5 Å². The van der Waals surface area contributed by atoms with Crippen LogP contribution in [-0.4, -0.2) is 10.9 Å². The fourth-order valence-electron chi connectivity index (χ4n) is 2.23. The summed E-state index contributed by atoms with van der Waals surface area (Å²) < 4.78 is 57.1. The summed E-state index contributed by atoms with van der Waals surface area (Å²) in [5.41, 5.74) is -0.726. The molecule has 4 nitrogen and oxygen atoms in total. The molecule has 0 saturated heterocycles. The second-order valence-corrected chi connectivity index (χ2v) is 5.97. The smallest absolute Gasteiger partial charge is 0.417 e. The highest BCUT2D eigenvalue weighted by atomic mass is 35.5. The number of rotatable bonds is 4. The van der Waals surface area contributed by atoms with Crippen molar-refractivity contribution < 1.29 is 27.1 Å². The SMILES string of the molecule is O=C(Nc1ccc(F)cc1)c1cccc(Oc2ccc(Cl)c(C(F)(F)F)c2)n1. The molecule has 0 radical (unpaired) electrons. The molecule has 28 heavy (non-hydrogen) atoms. The monoisotopic (exact) mass is 410 g/mol. The Morgan fingerprint density at radius 2 is 1.75 bits per heavy atom. The van der Waals surface area contributed by atoms with Crippen LogP contribution in [0.5, 0.6) is 11.6 Å². The van der Waals surface area contributed by atoms with Gasteiger partial charge in [-0.1, -0.05) is 17.7 Å². The van der Waals surface area contributed by atoms with E-state index in [-0.39, 0.29) is 17.3 Å². The standard InChI is InChI=1S/C19H11ClF4N2O2/c20-15-9-8-13(10-14(15)19(22,23)24)28-17-3-1-2-16(26-17)18(27)25-12-6-4-11(21)5-7-12/h1-10H,(H,25,27). The Labute approximate surface area is 161 Å². The maximum Gasteiger partial charge on any atom is 0.417 e. The van der Waals surface area contributed by atoms with Crippen LogP contribution >= 0.6 is 11.6 Å². The van der Waals surface area contributed by atoms with Crippen molar-refractivity contribution in [3.63, 3.8) is 0 Å². The van der Waals surface area contributed by atoms with E-state index in [0.29, 0.717) is 5.69 Å². The first-order valence-corrected chi connectivity index (χ1v) is 8.19. The Bertz CT molecular complexity index is 1010. The van der Waals surface area contributed by atoms with Crippen molar-refractivity contribution in [3.05, 3.63) is 82.8 Å². The van der Waals surface area contributed by atoms with E-state index >= 15 is 0 Å². The zero-order valence-electron chi connectivity index (χ0n) is 13.9. The molecule has 0 aliphatic carbocycles. The summed E-state index contributed by atoms with van der Waals surface area (Å²) in [6, 6.07) is 12.4. The van der Waals surface area contributed by atoms with E-state index in [1.807, 2.05) is 0 Å². The second-order valence-electron chi connectivity index (χ2n) is 5.56. The fourth-order valence-corrected chi connectivity index (χ4v) is 2.46. The van der Waals surface area contributed by atoms with Crippen LogP contribution in [0, 0.1) is 5.82 Å². The van der Waals surface area contributed by atoms with Crippen LogP contribution in [0.25, 0.3) is 0 Å². The van der Waals surface area contributed by atoms with E-state index in [1.54, 1.807) is 0 Å². The number of pyridine rings is 1. The van der Waals surface area contributed by atoms with Crippen LogP contribution in [0.3, 0.4) is 0 Å². The largest absolute Gasteiger partial charge is 0.439 e. The van der Waals surface area contributed by atoms with Gasteiger partial charge in [0.15, 0.2) is 0 Å². The number of hydrogen-bond donors (Lipinski definition) is 1. The molecule has 3 rings (SSSR count). The van der Waals surface area contributed by atoms with E-state index in [4.69, 9.17) is 16.3 Å². The molecule has 9 heteroatoms. The predicted octanol–water partition coefficient (Wildman–Crippen LogP) is 5.94. The molecule has 0 saturated carbocycles. The van der Waals surface area contributed by atoms with Gasteiger partial charge < -0.3 is 10.1 Å². The van der Waals surface area contributed by atoms with E-state index in [9.17, 15) is 22.4 Å². The summed E-state index contributed by atoms with van der Waals surface area (Å²) in [5.74, 6) is -1.26. The number of aromatic nitrogens is 1. The number of carbonyl (C=O) groups is 1. The summed E-state index contributed by atoms with van der Waals surface area (Å²) in [5, 5.41) is 2.07. The van der Waals surface area contributed by atoms with Gasteiger partial charge in [0.2, 0.25) is 5.88 Å². The molecule has 3 aromatic rings. The highest BCUT2D eigenvalue weighted by molar-refractivity contribution is 6.31. The third-order valence-electron chi connectivity index (χ3n) is 3.52. The molecule has 0 aliphatic heterocycles. The van der Waals surface area contributed by atoms with Crippen molar-refractivity contribution >= 4 is 23.2 Å². The Kier molecular flexibility index (Phi) is 5.51. The Morgan fingerprint density at radius 3 is 2.43 bits per heavy atom. The van der Waals surface area contributed by atoms with Crippen molar-refractivity contribution in [2.24, 2.45) is 0 Å². The van der Waals surface area contributed by atoms with Crippen LogP contribution in [-0.2, 0) is 6.18 Å². The molecule has 144 valence electrons. The van der Waals surface area contributed by atoms with Crippen LogP contribution < -0.4 is 10.1 Å². The summed E-state index contributed by atoms with van der Waals surface area (Å²) in [7, 11) is 0. The number of carbonyl (C=O) groups excluding carboxylic acids is 1. The fraction of sp³-hybridized carbons (Fsp3) is 0.0526. The van der Waals surface area contributed by atoms with Crippen LogP contribution in [0.2, 0.25) is 5.02 Å². The number of alkyl halides is 3. The summed E-state index contributed by atoms with van der Waals surface area (Å²) in [4.78, 5) is 16.2. The van der Waals surface area contributed by atoms with Gasteiger partial charge in [0.25, 0.3) is 5.91 Å². The molecule has 1 aromatic heterocycles. The summed E-state index contributed by atoms with van der Waals surface area (Å²) in [6.07, 6.45) is -4.64. The Balaban J connectivity index is 1.78. The van der Waals surface area contributed by atoms with Gasteiger partial charge >= 0.3 is 6.18 Å². The highest BCUT2D eigenvalue weighted by Crippen LogP contribution is 2.37. The molecule has 0 aliphatic rings. The van der Waals surface area contributed by atoms with Crippen LogP contribution in [0.15, 0.2) is 60.7 Å². The summed E-state index contributed by atoms with van der Waals surface area (Å²) in [6.45, 7) is 0. The first kappa shape index (κ1) is 19.6. The van der Waals surface area contributed by atoms with Crippen molar-refractivity contribution in [3.8, 4) is 11.6 Å². The molecule has 0 bridgehead atoms. The quantitative estimate of drug-likeness (QED) is 0.542. The second kappa shape index (κ2) is 7.85. The third kappa shape index (κ3) is 4.77. The zero-order valence-corrected chi connectivity index (χ0v) is 14.7. The van der Waals surface area contributed by atoms with Gasteiger partial charge in [0.05, 0.1) is 10.6 Å². The number of benzene rings is 2. The number of amides is 1. The summed E-state index contributed by atoms with van der Waals surface area (Å²) >= 11 is 5.57. The van der Waals surface area contributed by atoms with E-state index in [2.05, 4.69) is 10.3 Å². The van der Waals surface area contributed by atoms with Gasteiger partial charge in [0.1, 0.15) is 17.3 Å². The normalized spacial score (nSPS) is 11.2. The minimum atomic E-state index is -4.64. The molecule has 1 N–H and O–H groups in total. The van der Waals surface area contributed by atoms with Crippen LogP contribution in [0.1, 0.15) is 16.1 Å². The average Bonchev–Trinajstić information content (AvgIpc) is 2.64. The van der Waals surface area contributed by atoms with E-state index < -0.39 is 28.5 Å². The first-order valence-electron chi connectivity index (χ1n) is 7.81. The molecule has 2 aromatic carbocycles. The number of nitrogens with zero attached hydrogens (tertiary/aromatic N) is 1. The van der Waals surface area contributed by atoms with Crippen molar-refractivity contribution in [1.82, 2.24) is 4.98 Å². The molecular weight excluding hydrogens is 400 g/mol. The number of anilines is 1. The number of ether oxygens (including phenoxy) is 1. The lowest BCUT2D eigenvalue weighted by Gasteiger charge is -2.12. The minimum Gasteiger partial charge on any atom is -0.439 e. The minimum absolute atomic E-state index is 0.0353. The first-order chi connectivity index (χ1) is 13.2. The number of hydrogen-bond acceptors (Lipinski definition) is 3. The van der Waals surface area contributed by atoms with Crippen molar-refractivity contribution in [1.29, 1.82) is 0 Å². The van der Waals surface area contributed by atoms with Gasteiger partial charge in [0, 0.05) is 11.8 Å². The topological polar surface area (TPSA) is 51.2 Å². The maximum absolute atomic E-state index is 12.9. The van der Waals surface area contributed by atoms with Crippen LogP contribution in [0.4, 0.5) is 23.2 Å². The molecule has 0 fully saturated rings. The third-order valence-corrected chi connectivity index (χ3v) is 3.85. The van der Waals surface area contributed by atoms with Gasteiger partial charge in [-0.15, -0.1) is 0 Å². The lowest BCUT2D eigenvalue weighted by molar-refractivity contribution is -0.137. The van der Waals surface area contributed by atoms with Crippen molar-refractivity contribution in [2.75, 3.05) is 5.32 Å². The lowest BCUT2D eigenvalue weighted by Crippen LogP contribution is -2.13. The molecule has 0 atom stereocenters. The Hall–Kier alpha value is -3.13. The van der Waals surface area contributed by atoms with Gasteiger partial charge in [-0.2, -0.15) is 13.2 Å². The highest BCUT2D eigenvalue weighted by Gasteiger charge is 2.33. The Morgan fingerprint density at radius 1 is 1.04 bits per heavy atom. The van der Waals surface area contributed by atoms with Gasteiger partial charge in [-0.25, -0.2) is 9.37 Å². The molecule has 1 heterocycles. The molecular formula is C19H11ClF4N2O2. The predicted molar refractivity (Wildman–Crippen MR) is 95.1 cm³/mol. The molecule has 0 unspecified atom stereocenters. The number of nitrogens with one attached hydrogen (secondary N) is 1. The lowest BCUT2D eigenvalue weighted by atomic mass is 10.2. The van der Waals surface area contributed by atoms with E-state index in [0.717, 1.165) is 12.1 Å². The van der Waals surface area contributed by atoms with Gasteiger partial charge in [-0.3, -0.25) is 4.79 Å². The van der Waals surface area contributed by atoms with E-state index in [1.165, 1.54) is 48.5 Å².